The van der Waals surface area contributed by atoms with Crippen LogP contribution in [0.4, 0.5) is 10.1 Å². The summed E-state index contributed by atoms with van der Waals surface area (Å²) in [5.74, 6) is 0.451. The Bertz CT molecular complexity index is 921. The number of amidine groups is 1. The van der Waals surface area contributed by atoms with Gasteiger partial charge in [0.15, 0.2) is 16.6 Å². The third-order valence-electron chi connectivity index (χ3n) is 4.83. The Morgan fingerprint density at radius 1 is 1.46 bits per heavy atom. The smallest absolute Gasteiger partial charge is 0.186 e. The van der Waals surface area contributed by atoms with Crippen molar-refractivity contribution < 1.29 is 14.2 Å². The van der Waals surface area contributed by atoms with E-state index in [9.17, 15) is 9.60 Å². The maximum Gasteiger partial charge on any atom is 0.186 e. The van der Waals surface area contributed by atoms with Gasteiger partial charge in [-0.15, -0.1) is 0 Å². The topological polar surface area (TPSA) is 107 Å². The molecular weight excluding hydrogens is 425 g/mol. The number of hydroxylamine groups is 1. The van der Waals surface area contributed by atoms with Gasteiger partial charge in [0, 0.05) is 5.75 Å². The number of hydrogen-bond donors (Lipinski definition) is 2. The van der Waals surface area contributed by atoms with Crippen LogP contribution in [-0.2, 0) is 0 Å². The van der Waals surface area contributed by atoms with Crippen LogP contribution in [0.5, 0.6) is 0 Å². The Morgan fingerprint density at radius 3 is 2.88 bits per heavy atom. The summed E-state index contributed by atoms with van der Waals surface area (Å²) >= 11 is 4.56. The number of rotatable bonds is 5. The van der Waals surface area contributed by atoms with Crippen molar-refractivity contribution in [2.75, 3.05) is 5.75 Å². The van der Waals surface area contributed by atoms with Crippen LogP contribution < -0.4 is 5.48 Å². The Hall–Kier alpha value is -1.96. The highest BCUT2D eigenvalue weighted by molar-refractivity contribution is 9.10. The Kier molecular flexibility index (Phi) is 4.25. The summed E-state index contributed by atoms with van der Waals surface area (Å²) in [4.78, 5) is 4.23. The second-order valence-electron chi connectivity index (χ2n) is 6.80. The SMILES string of the molecule is N#CC12CC(CSc3nonc3C(=Nc3ccc(F)c(Br)c3)NO)(C1)C2. The lowest BCUT2D eigenvalue weighted by molar-refractivity contribution is -0.143. The second-order valence-corrected chi connectivity index (χ2v) is 8.62. The molecule has 3 fully saturated rings. The summed E-state index contributed by atoms with van der Waals surface area (Å²) in [7, 11) is 0. The summed E-state index contributed by atoms with van der Waals surface area (Å²) in [5, 5.41) is 26.7. The summed E-state index contributed by atoms with van der Waals surface area (Å²) in [6.45, 7) is 0. The highest BCUT2D eigenvalue weighted by atomic mass is 79.9. The van der Waals surface area contributed by atoms with Gasteiger partial charge in [-0.1, -0.05) is 11.8 Å². The van der Waals surface area contributed by atoms with Crippen molar-refractivity contribution >= 4 is 39.2 Å². The molecule has 1 aromatic carbocycles. The predicted molar refractivity (Wildman–Crippen MR) is 94.6 cm³/mol. The van der Waals surface area contributed by atoms with Crippen LogP contribution in [0.3, 0.4) is 0 Å². The maximum absolute atomic E-state index is 13.3. The van der Waals surface area contributed by atoms with Crippen LogP contribution in [-0.4, -0.2) is 27.1 Å². The standard InChI is InChI=1S/C16H13BrFN5O2S/c17-10-3-9(1-2-11(10)18)20-13(21-24)12-14(23-25-22-12)26-8-16-4-15(5-16,6-16)7-19/h1-3,24H,4-6,8H2,(H,20,21). The van der Waals surface area contributed by atoms with Gasteiger partial charge in [-0.2, -0.15) is 5.26 Å². The summed E-state index contributed by atoms with van der Waals surface area (Å²) in [6.07, 6.45) is 2.77. The number of aromatic nitrogens is 2. The van der Waals surface area contributed by atoms with Crippen molar-refractivity contribution in [3.8, 4) is 6.07 Å². The molecule has 0 amide bonds. The van der Waals surface area contributed by atoms with Crippen LogP contribution in [0.15, 0.2) is 37.3 Å². The lowest BCUT2D eigenvalue weighted by Crippen LogP contribution is -2.62. The first-order valence-corrected chi connectivity index (χ1v) is 9.57. The number of halogens is 2. The molecule has 1 aromatic heterocycles. The molecule has 2 bridgehead atoms. The monoisotopic (exact) mass is 437 g/mol. The minimum absolute atomic E-state index is 0.0540. The lowest BCUT2D eigenvalue weighted by atomic mass is 9.36. The van der Waals surface area contributed by atoms with Gasteiger partial charge in [0.2, 0.25) is 0 Å². The first kappa shape index (κ1) is 17.5. The number of nitrogens with zero attached hydrogens (tertiary/aromatic N) is 4. The van der Waals surface area contributed by atoms with Gasteiger partial charge in [-0.05, 0) is 69.1 Å². The molecule has 0 radical (unpaired) electrons. The number of aliphatic imine (C=N–C) groups is 1. The van der Waals surface area contributed by atoms with Crippen molar-refractivity contribution in [3.05, 3.63) is 34.2 Å². The van der Waals surface area contributed by atoms with Gasteiger partial charge < -0.3 is 0 Å². The first-order chi connectivity index (χ1) is 12.5. The number of thioether (sulfide) groups is 1. The molecule has 3 aliphatic carbocycles. The molecule has 0 atom stereocenters. The van der Waals surface area contributed by atoms with E-state index in [1.807, 2.05) is 5.48 Å². The number of hydrogen-bond acceptors (Lipinski definition) is 7. The average molecular weight is 438 g/mol. The van der Waals surface area contributed by atoms with Crippen LogP contribution in [0.25, 0.3) is 0 Å². The molecule has 26 heavy (non-hydrogen) atoms. The maximum atomic E-state index is 13.3. The highest BCUT2D eigenvalue weighted by Gasteiger charge is 2.68. The van der Waals surface area contributed by atoms with Crippen molar-refractivity contribution in [2.24, 2.45) is 15.8 Å². The van der Waals surface area contributed by atoms with E-state index >= 15 is 0 Å². The molecule has 3 aliphatic rings. The Morgan fingerprint density at radius 2 is 2.23 bits per heavy atom. The van der Waals surface area contributed by atoms with E-state index in [0.717, 1.165) is 25.0 Å². The first-order valence-electron chi connectivity index (χ1n) is 7.79. The van der Waals surface area contributed by atoms with Gasteiger partial charge in [0.25, 0.3) is 0 Å². The largest absolute Gasteiger partial charge is 0.290 e. The van der Waals surface area contributed by atoms with Crippen LogP contribution in [0, 0.1) is 28.0 Å². The molecule has 5 rings (SSSR count). The zero-order valence-corrected chi connectivity index (χ0v) is 15.8. The van der Waals surface area contributed by atoms with Gasteiger partial charge in [0.05, 0.1) is 21.6 Å². The van der Waals surface area contributed by atoms with Crippen LogP contribution >= 0.6 is 27.7 Å². The quantitative estimate of drug-likeness (QED) is 0.316. The Labute approximate surface area is 160 Å². The molecule has 2 N–H and O–H groups in total. The van der Waals surface area contributed by atoms with Gasteiger partial charge in [0.1, 0.15) is 5.82 Å². The molecule has 134 valence electrons. The van der Waals surface area contributed by atoms with Crippen LogP contribution in [0.1, 0.15) is 25.0 Å². The minimum atomic E-state index is -0.407. The summed E-state index contributed by atoms with van der Waals surface area (Å²) in [6, 6.07) is 6.61. The molecule has 2 aromatic rings. The zero-order valence-electron chi connectivity index (χ0n) is 13.4. The summed E-state index contributed by atoms with van der Waals surface area (Å²) < 4.78 is 18.4. The fourth-order valence-corrected chi connectivity index (χ4v) is 5.20. The minimum Gasteiger partial charge on any atom is -0.290 e. The average Bonchev–Trinajstić information content (AvgIpc) is 3.02. The van der Waals surface area contributed by atoms with Gasteiger partial charge >= 0.3 is 0 Å². The zero-order chi connectivity index (χ0) is 18.4. The van der Waals surface area contributed by atoms with E-state index in [1.54, 1.807) is 0 Å². The van der Waals surface area contributed by atoms with Crippen molar-refractivity contribution in [1.29, 1.82) is 5.26 Å². The summed E-state index contributed by atoms with van der Waals surface area (Å²) in [5.41, 5.74) is 2.80. The molecule has 0 spiro atoms. The highest BCUT2D eigenvalue weighted by Crippen LogP contribution is 2.73. The number of benzene rings is 1. The molecule has 0 unspecified atom stereocenters. The van der Waals surface area contributed by atoms with E-state index in [-0.39, 0.29) is 26.8 Å². The van der Waals surface area contributed by atoms with E-state index in [2.05, 4.69) is 37.3 Å². The molecule has 7 nitrogen and oxygen atoms in total. The van der Waals surface area contributed by atoms with Gasteiger partial charge in [-0.25, -0.2) is 14.0 Å². The van der Waals surface area contributed by atoms with E-state index in [1.165, 1.54) is 30.0 Å². The number of nitriles is 1. The van der Waals surface area contributed by atoms with Crippen molar-refractivity contribution in [3.63, 3.8) is 0 Å². The fourth-order valence-electron chi connectivity index (χ4n) is 3.73. The third kappa shape index (κ3) is 2.90. The molecule has 10 heteroatoms. The number of nitrogens with one attached hydrogen (secondary N) is 1. The fraction of sp³-hybridized carbons (Fsp3) is 0.375. The van der Waals surface area contributed by atoms with Gasteiger partial charge in [-0.3, -0.25) is 10.7 Å². The molecule has 0 aliphatic heterocycles. The third-order valence-corrected chi connectivity index (χ3v) is 6.73. The van der Waals surface area contributed by atoms with E-state index in [0.29, 0.717) is 10.7 Å². The van der Waals surface area contributed by atoms with E-state index < -0.39 is 5.82 Å². The molecule has 1 heterocycles. The van der Waals surface area contributed by atoms with Crippen LogP contribution in [0.2, 0.25) is 0 Å². The predicted octanol–water partition coefficient (Wildman–Crippen LogP) is 3.81. The molecular formula is C16H13BrFN5O2S. The Balaban J connectivity index is 1.50. The molecule has 0 saturated heterocycles. The van der Waals surface area contributed by atoms with Crippen molar-refractivity contribution in [1.82, 2.24) is 15.8 Å². The lowest BCUT2D eigenvalue weighted by Gasteiger charge is -2.67. The van der Waals surface area contributed by atoms with Crippen molar-refractivity contribution in [2.45, 2.75) is 24.3 Å². The molecule has 3 saturated carbocycles. The normalized spacial score (nSPS) is 26.6. The van der Waals surface area contributed by atoms with E-state index in [4.69, 9.17) is 9.89 Å². The second kappa shape index (κ2) is 6.33.